The lowest BCUT2D eigenvalue weighted by atomic mass is 10.2. The monoisotopic (exact) mass is 318 g/mol. The number of fused-ring (bicyclic) bond motifs is 1. The molecule has 3 nitrogen and oxygen atoms in total. The Bertz CT molecular complexity index is 989. The summed E-state index contributed by atoms with van der Waals surface area (Å²) in [6.45, 7) is 0.594. The summed E-state index contributed by atoms with van der Waals surface area (Å²) in [5, 5.41) is 9.51. The van der Waals surface area contributed by atoms with Gasteiger partial charge in [0.1, 0.15) is 17.4 Å². The molecule has 0 fully saturated rings. The van der Waals surface area contributed by atoms with Gasteiger partial charge < -0.3 is 9.67 Å². The first kappa shape index (κ1) is 14.5. The van der Waals surface area contributed by atoms with Gasteiger partial charge in [-0.1, -0.05) is 24.3 Å². The Morgan fingerprint density at radius 1 is 0.875 bits per heavy atom. The predicted molar refractivity (Wildman–Crippen MR) is 92.3 cm³/mol. The summed E-state index contributed by atoms with van der Waals surface area (Å²) < 4.78 is 15.3. The molecule has 24 heavy (non-hydrogen) atoms. The second kappa shape index (κ2) is 5.81. The van der Waals surface area contributed by atoms with E-state index < -0.39 is 0 Å². The number of phenolic OH excluding ortho intramolecular Hbond substituents is 1. The van der Waals surface area contributed by atoms with E-state index in [2.05, 4.69) is 4.57 Å². The molecular weight excluding hydrogens is 303 g/mol. The number of nitrogens with zero attached hydrogens (tertiary/aromatic N) is 2. The molecule has 118 valence electrons. The van der Waals surface area contributed by atoms with E-state index in [1.165, 1.54) is 12.1 Å². The molecule has 0 atom stereocenters. The van der Waals surface area contributed by atoms with E-state index in [1.54, 1.807) is 24.3 Å². The van der Waals surface area contributed by atoms with Gasteiger partial charge in [-0.25, -0.2) is 9.37 Å². The van der Waals surface area contributed by atoms with Crippen LogP contribution >= 0.6 is 0 Å². The summed E-state index contributed by atoms with van der Waals surface area (Å²) in [5.41, 5.74) is 3.85. The van der Waals surface area contributed by atoms with Crippen LogP contribution in [0.2, 0.25) is 0 Å². The van der Waals surface area contributed by atoms with Gasteiger partial charge in [-0.15, -0.1) is 0 Å². The highest BCUT2D eigenvalue weighted by molar-refractivity contribution is 5.80. The zero-order chi connectivity index (χ0) is 16.5. The van der Waals surface area contributed by atoms with Crippen LogP contribution in [0.4, 0.5) is 4.39 Å². The van der Waals surface area contributed by atoms with E-state index in [9.17, 15) is 9.50 Å². The van der Waals surface area contributed by atoms with Gasteiger partial charge >= 0.3 is 0 Å². The highest BCUT2D eigenvalue weighted by atomic mass is 19.1. The van der Waals surface area contributed by atoms with Crippen LogP contribution in [0.3, 0.4) is 0 Å². The number of rotatable bonds is 3. The zero-order valence-electron chi connectivity index (χ0n) is 12.9. The molecule has 0 aliphatic carbocycles. The second-order valence-electron chi connectivity index (χ2n) is 5.68. The SMILES string of the molecule is Oc1ccc(-c2nc3ccccc3n2Cc2ccc(F)cc2)cc1. The van der Waals surface area contributed by atoms with E-state index in [-0.39, 0.29) is 11.6 Å². The van der Waals surface area contributed by atoms with Crippen molar-refractivity contribution in [2.24, 2.45) is 0 Å². The maximum Gasteiger partial charge on any atom is 0.141 e. The molecule has 4 rings (SSSR count). The van der Waals surface area contributed by atoms with Gasteiger partial charge in [-0.3, -0.25) is 0 Å². The van der Waals surface area contributed by atoms with Crippen molar-refractivity contribution in [2.45, 2.75) is 6.54 Å². The summed E-state index contributed by atoms with van der Waals surface area (Å²) in [6.07, 6.45) is 0. The number of hydrogen-bond acceptors (Lipinski definition) is 2. The quantitative estimate of drug-likeness (QED) is 0.599. The van der Waals surface area contributed by atoms with Gasteiger partial charge in [0.05, 0.1) is 11.0 Å². The zero-order valence-corrected chi connectivity index (χ0v) is 12.9. The van der Waals surface area contributed by atoms with Crippen LogP contribution in [-0.2, 0) is 6.54 Å². The number of benzene rings is 3. The molecule has 0 bridgehead atoms. The van der Waals surface area contributed by atoms with E-state index in [1.807, 2.05) is 36.4 Å². The summed E-state index contributed by atoms with van der Waals surface area (Å²) in [6, 6.07) is 21.4. The molecule has 1 N–H and O–H groups in total. The molecule has 4 aromatic rings. The number of halogens is 1. The van der Waals surface area contributed by atoms with Gasteiger partial charge in [0.2, 0.25) is 0 Å². The van der Waals surface area contributed by atoms with Crippen molar-refractivity contribution in [1.29, 1.82) is 0 Å². The number of aromatic nitrogens is 2. The van der Waals surface area contributed by atoms with Crippen molar-refractivity contribution in [2.75, 3.05) is 0 Å². The second-order valence-corrected chi connectivity index (χ2v) is 5.68. The molecule has 1 heterocycles. The average molecular weight is 318 g/mol. The average Bonchev–Trinajstić information content (AvgIpc) is 2.96. The molecule has 0 saturated heterocycles. The van der Waals surface area contributed by atoms with Crippen LogP contribution in [-0.4, -0.2) is 14.7 Å². The van der Waals surface area contributed by atoms with Crippen LogP contribution in [0.15, 0.2) is 72.8 Å². The third-order valence-electron chi connectivity index (χ3n) is 4.03. The first-order valence-corrected chi connectivity index (χ1v) is 7.70. The summed E-state index contributed by atoms with van der Waals surface area (Å²) in [7, 11) is 0. The van der Waals surface area contributed by atoms with Gasteiger partial charge in [0, 0.05) is 12.1 Å². The van der Waals surface area contributed by atoms with Crippen molar-refractivity contribution >= 4 is 11.0 Å². The first-order chi connectivity index (χ1) is 11.7. The Morgan fingerprint density at radius 2 is 1.58 bits per heavy atom. The lowest BCUT2D eigenvalue weighted by molar-refractivity contribution is 0.475. The van der Waals surface area contributed by atoms with Crippen molar-refractivity contribution in [3.8, 4) is 17.1 Å². The molecule has 0 aliphatic rings. The Morgan fingerprint density at radius 3 is 2.33 bits per heavy atom. The molecular formula is C20H15FN2O. The molecule has 0 aliphatic heterocycles. The fourth-order valence-electron chi connectivity index (χ4n) is 2.84. The van der Waals surface area contributed by atoms with E-state index in [0.717, 1.165) is 28.0 Å². The minimum absolute atomic E-state index is 0.222. The molecule has 0 spiro atoms. The highest BCUT2D eigenvalue weighted by Gasteiger charge is 2.12. The third-order valence-corrected chi connectivity index (χ3v) is 4.03. The maximum atomic E-state index is 13.2. The van der Waals surface area contributed by atoms with Crippen molar-refractivity contribution < 1.29 is 9.50 Å². The van der Waals surface area contributed by atoms with Gasteiger partial charge in [-0.2, -0.15) is 0 Å². The molecule has 1 aromatic heterocycles. The predicted octanol–water partition coefficient (Wildman–Crippen LogP) is 4.60. The van der Waals surface area contributed by atoms with Crippen LogP contribution in [0.1, 0.15) is 5.56 Å². The summed E-state index contributed by atoms with van der Waals surface area (Å²) in [5.74, 6) is 0.800. The van der Waals surface area contributed by atoms with Crippen LogP contribution < -0.4 is 0 Å². The van der Waals surface area contributed by atoms with Gasteiger partial charge in [0.15, 0.2) is 0 Å². The first-order valence-electron chi connectivity index (χ1n) is 7.70. The molecule has 0 radical (unpaired) electrons. The van der Waals surface area contributed by atoms with Crippen molar-refractivity contribution in [3.05, 3.63) is 84.2 Å². The van der Waals surface area contributed by atoms with E-state index >= 15 is 0 Å². The number of aromatic hydroxyl groups is 1. The number of hydrogen-bond donors (Lipinski definition) is 1. The van der Waals surface area contributed by atoms with E-state index in [0.29, 0.717) is 6.54 Å². The topological polar surface area (TPSA) is 38.1 Å². The fraction of sp³-hybridized carbons (Fsp3) is 0.0500. The number of phenols is 1. The van der Waals surface area contributed by atoms with E-state index in [4.69, 9.17) is 4.98 Å². The largest absolute Gasteiger partial charge is 0.508 e. The Labute approximate surface area is 138 Å². The van der Waals surface area contributed by atoms with Crippen molar-refractivity contribution in [1.82, 2.24) is 9.55 Å². The van der Waals surface area contributed by atoms with Gasteiger partial charge in [0.25, 0.3) is 0 Å². The standard InChI is InChI=1S/C20H15FN2O/c21-16-9-5-14(6-10-16)13-23-19-4-2-1-3-18(19)22-20(23)15-7-11-17(24)12-8-15/h1-12,24H,13H2. The van der Waals surface area contributed by atoms with Crippen LogP contribution in [0.5, 0.6) is 5.75 Å². The minimum atomic E-state index is -0.243. The molecule has 0 amide bonds. The number of para-hydroxylation sites is 2. The third kappa shape index (κ3) is 2.63. The minimum Gasteiger partial charge on any atom is -0.508 e. The maximum absolute atomic E-state index is 13.2. The molecule has 0 saturated carbocycles. The Kier molecular flexibility index (Phi) is 3.50. The fourth-order valence-corrected chi connectivity index (χ4v) is 2.84. The normalized spacial score (nSPS) is 11.0. The van der Waals surface area contributed by atoms with Gasteiger partial charge in [-0.05, 0) is 54.1 Å². The lowest BCUT2D eigenvalue weighted by Gasteiger charge is -2.10. The lowest BCUT2D eigenvalue weighted by Crippen LogP contribution is -2.02. The summed E-state index contributed by atoms with van der Waals surface area (Å²) in [4.78, 5) is 4.73. The Hall–Kier alpha value is -3.14. The number of imidazole rings is 1. The highest BCUT2D eigenvalue weighted by Crippen LogP contribution is 2.27. The van der Waals surface area contributed by atoms with Crippen LogP contribution in [0.25, 0.3) is 22.4 Å². The molecule has 4 heteroatoms. The molecule has 0 unspecified atom stereocenters. The van der Waals surface area contributed by atoms with Crippen LogP contribution in [0, 0.1) is 5.82 Å². The smallest absolute Gasteiger partial charge is 0.141 e. The molecule has 3 aromatic carbocycles. The summed E-state index contributed by atoms with van der Waals surface area (Å²) >= 11 is 0. The van der Waals surface area contributed by atoms with Crippen molar-refractivity contribution in [3.63, 3.8) is 0 Å². The Balaban J connectivity index is 1.86.